The molecule has 0 fully saturated rings. The van der Waals surface area contributed by atoms with Gasteiger partial charge in [-0.15, -0.1) is 0 Å². The quantitative estimate of drug-likeness (QED) is 0.775. The summed E-state index contributed by atoms with van der Waals surface area (Å²) >= 11 is 0. The lowest BCUT2D eigenvalue weighted by atomic mass is 10.2. The number of hydrogen-bond donors (Lipinski definition) is 1. The molecule has 3 aromatic rings. The summed E-state index contributed by atoms with van der Waals surface area (Å²) in [5.41, 5.74) is 1.82. The van der Waals surface area contributed by atoms with E-state index in [0.29, 0.717) is 29.4 Å². The summed E-state index contributed by atoms with van der Waals surface area (Å²) in [6, 6.07) is 5.45. The molecular formula is C16H16N4O3. The van der Waals surface area contributed by atoms with E-state index in [2.05, 4.69) is 15.3 Å². The van der Waals surface area contributed by atoms with E-state index in [0.717, 1.165) is 5.56 Å². The molecule has 0 bridgehead atoms. The standard InChI is InChI=1S/C16H16N4O3/c1-22-12-4-3-11(14(7-12)23-2)8-18-16(21)13-10-20-6-5-17-9-15(20)19-13/h3-7,9-10H,8H2,1-2H3,(H,18,21). The minimum atomic E-state index is -0.258. The fourth-order valence-corrected chi connectivity index (χ4v) is 2.22. The second kappa shape index (κ2) is 6.35. The highest BCUT2D eigenvalue weighted by atomic mass is 16.5. The molecular weight excluding hydrogens is 296 g/mol. The predicted octanol–water partition coefficient (Wildman–Crippen LogP) is 1.68. The Morgan fingerprint density at radius 2 is 2.17 bits per heavy atom. The average molecular weight is 312 g/mol. The normalized spacial score (nSPS) is 10.5. The summed E-state index contributed by atoms with van der Waals surface area (Å²) in [6.07, 6.45) is 6.64. The van der Waals surface area contributed by atoms with Gasteiger partial charge in [0.25, 0.3) is 5.91 Å². The highest BCUT2D eigenvalue weighted by Gasteiger charge is 2.12. The first-order valence-electron chi connectivity index (χ1n) is 6.99. The Labute approximate surface area is 132 Å². The van der Waals surface area contributed by atoms with Crippen LogP contribution >= 0.6 is 0 Å². The van der Waals surface area contributed by atoms with Crippen LogP contribution in [0.1, 0.15) is 16.1 Å². The summed E-state index contributed by atoms with van der Waals surface area (Å²) < 4.78 is 12.2. The van der Waals surface area contributed by atoms with Gasteiger partial charge in [-0.1, -0.05) is 0 Å². The third kappa shape index (κ3) is 3.08. The van der Waals surface area contributed by atoms with Crippen LogP contribution in [-0.2, 0) is 6.54 Å². The smallest absolute Gasteiger partial charge is 0.271 e. The van der Waals surface area contributed by atoms with Crippen LogP contribution in [0.5, 0.6) is 11.5 Å². The fraction of sp³-hybridized carbons (Fsp3) is 0.188. The van der Waals surface area contributed by atoms with Crippen molar-refractivity contribution in [3.63, 3.8) is 0 Å². The van der Waals surface area contributed by atoms with Crippen LogP contribution in [0.3, 0.4) is 0 Å². The Bertz CT molecular complexity index is 811. The molecule has 0 radical (unpaired) electrons. The highest BCUT2D eigenvalue weighted by molar-refractivity contribution is 5.92. The number of benzene rings is 1. The summed E-state index contributed by atoms with van der Waals surface area (Å²) in [6.45, 7) is 0.331. The van der Waals surface area contributed by atoms with E-state index < -0.39 is 0 Å². The summed E-state index contributed by atoms with van der Waals surface area (Å²) in [4.78, 5) is 20.4. The molecule has 0 saturated carbocycles. The minimum absolute atomic E-state index is 0.258. The van der Waals surface area contributed by atoms with Gasteiger partial charge in [0.15, 0.2) is 5.65 Å². The third-order valence-electron chi connectivity index (χ3n) is 3.43. The number of methoxy groups -OCH3 is 2. The van der Waals surface area contributed by atoms with Gasteiger partial charge >= 0.3 is 0 Å². The summed E-state index contributed by atoms with van der Waals surface area (Å²) in [5.74, 6) is 1.10. The fourth-order valence-electron chi connectivity index (χ4n) is 2.22. The van der Waals surface area contributed by atoms with E-state index in [1.165, 1.54) is 0 Å². The van der Waals surface area contributed by atoms with Crippen LogP contribution in [0, 0.1) is 0 Å². The SMILES string of the molecule is COc1ccc(CNC(=O)c2cn3ccncc3n2)c(OC)c1. The Morgan fingerprint density at radius 3 is 2.91 bits per heavy atom. The third-order valence-corrected chi connectivity index (χ3v) is 3.43. The van der Waals surface area contributed by atoms with Crippen LogP contribution < -0.4 is 14.8 Å². The van der Waals surface area contributed by atoms with E-state index >= 15 is 0 Å². The van der Waals surface area contributed by atoms with Crippen LogP contribution in [0.25, 0.3) is 5.65 Å². The Kier molecular flexibility index (Phi) is 4.09. The maximum atomic E-state index is 12.2. The molecule has 0 atom stereocenters. The van der Waals surface area contributed by atoms with Crippen molar-refractivity contribution >= 4 is 11.6 Å². The number of hydrogen-bond acceptors (Lipinski definition) is 5. The first kappa shape index (κ1) is 14.8. The predicted molar refractivity (Wildman–Crippen MR) is 83.7 cm³/mol. The molecule has 7 nitrogen and oxygen atoms in total. The number of nitrogens with zero attached hydrogens (tertiary/aromatic N) is 3. The zero-order valence-electron chi connectivity index (χ0n) is 12.8. The summed E-state index contributed by atoms with van der Waals surface area (Å²) in [7, 11) is 3.17. The van der Waals surface area contributed by atoms with E-state index in [1.54, 1.807) is 49.5 Å². The lowest BCUT2D eigenvalue weighted by Gasteiger charge is -2.10. The molecule has 7 heteroatoms. The largest absolute Gasteiger partial charge is 0.497 e. The first-order chi connectivity index (χ1) is 11.2. The van der Waals surface area contributed by atoms with Gasteiger partial charge < -0.3 is 19.2 Å². The Morgan fingerprint density at radius 1 is 1.30 bits per heavy atom. The van der Waals surface area contributed by atoms with Crippen LogP contribution in [0.15, 0.2) is 43.0 Å². The van der Waals surface area contributed by atoms with Crippen molar-refractivity contribution in [2.45, 2.75) is 6.54 Å². The minimum Gasteiger partial charge on any atom is -0.497 e. The number of amides is 1. The molecule has 1 amide bonds. The molecule has 0 aliphatic heterocycles. The molecule has 0 spiro atoms. The van der Waals surface area contributed by atoms with Crippen molar-refractivity contribution in [3.05, 3.63) is 54.2 Å². The number of ether oxygens (including phenoxy) is 2. The summed E-state index contributed by atoms with van der Waals surface area (Å²) in [5, 5.41) is 2.83. The van der Waals surface area contributed by atoms with Gasteiger partial charge in [0.05, 0.1) is 20.4 Å². The van der Waals surface area contributed by atoms with Crippen molar-refractivity contribution in [1.82, 2.24) is 19.7 Å². The lowest BCUT2D eigenvalue weighted by Crippen LogP contribution is -2.23. The topological polar surface area (TPSA) is 77.8 Å². The molecule has 2 aromatic heterocycles. The Balaban J connectivity index is 1.73. The van der Waals surface area contributed by atoms with Gasteiger partial charge in [0.1, 0.15) is 17.2 Å². The second-order valence-electron chi connectivity index (χ2n) is 4.83. The average Bonchev–Trinajstić information content (AvgIpc) is 3.03. The maximum Gasteiger partial charge on any atom is 0.271 e. The number of fused-ring (bicyclic) bond motifs is 1. The number of rotatable bonds is 5. The highest BCUT2D eigenvalue weighted by Crippen LogP contribution is 2.24. The van der Waals surface area contributed by atoms with E-state index in [4.69, 9.17) is 9.47 Å². The van der Waals surface area contributed by atoms with E-state index in [-0.39, 0.29) is 5.91 Å². The van der Waals surface area contributed by atoms with Crippen molar-refractivity contribution in [2.75, 3.05) is 14.2 Å². The van der Waals surface area contributed by atoms with Crippen molar-refractivity contribution in [2.24, 2.45) is 0 Å². The van der Waals surface area contributed by atoms with Gasteiger partial charge in [0, 0.05) is 36.8 Å². The molecule has 1 N–H and O–H groups in total. The molecule has 0 saturated heterocycles. The van der Waals surface area contributed by atoms with Crippen molar-refractivity contribution in [3.8, 4) is 11.5 Å². The number of carbonyl (C=O) groups excluding carboxylic acids is 1. The number of aromatic nitrogens is 3. The van der Waals surface area contributed by atoms with Crippen LogP contribution in [0.4, 0.5) is 0 Å². The van der Waals surface area contributed by atoms with E-state index in [1.807, 2.05) is 12.1 Å². The molecule has 3 rings (SSSR count). The number of nitrogens with one attached hydrogen (secondary N) is 1. The molecule has 118 valence electrons. The van der Waals surface area contributed by atoms with Gasteiger partial charge in [0.2, 0.25) is 0 Å². The lowest BCUT2D eigenvalue weighted by molar-refractivity contribution is 0.0946. The van der Waals surface area contributed by atoms with Gasteiger partial charge in [-0.3, -0.25) is 9.78 Å². The molecule has 2 heterocycles. The molecule has 0 unspecified atom stereocenters. The Hall–Kier alpha value is -3.09. The van der Waals surface area contributed by atoms with Crippen LogP contribution in [0.2, 0.25) is 0 Å². The van der Waals surface area contributed by atoms with Crippen molar-refractivity contribution < 1.29 is 14.3 Å². The molecule has 1 aromatic carbocycles. The number of carbonyl (C=O) groups is 1. The maximum absolute atomic E-state index is 12.2. The monoisotopic (exact) mass is 312 g/mol. The molecule has 0 aliphatic rings. The van der Waals surface area contributed by atoms with E-state index in [9.17, 15) is 4.79 Å². The van der Waals surface area contributed by atoms with Gasteiger partial charge in [-0.05, 0) is 12.1 Å². The van der Waals surface area contributed by atoms with Crippen molar-refractivity contribution in [1.29, 1.82) is 0 Å². The molecule has 0 aliphatic carbocycles. The zero-order chi connectivity index (χ0) is 16.2. The van der Waals surface area contributed by atoms with Gasteiger partial charge in [-0.2, -0.15) is 0 Å². The first-order valence-corrected chi connectivity index (χ1v) is 6.99. The zero-order valence-corrected chi connectivity index (χ0v) is 12.8. The second-order valence-corrected chi connectivity index (χ2v) is 4.83. The molecule has 23 heavy (non-hydrogen) atoms. The number of imidazole rings is 1. The van der Waals surface area contributed by atoms with Gasteiger partial charge in [-0.25, -0.2) is 4.98 Å². The van der Waals surface area contributed by atoms with Crippen LogP contribution in [-0.4, -0.2) is 34.5 Å².